The Morgan fingerprint density at radius 2 is 1.90 bits per heavy atom. The monoisotopic (exact) mass is 278 g/mol. The molecule has 1 aromatic rings. The van der Waals surface area contributed by atoms with Gasteiger partial charge in [-0.05, 0) is 38.1 Å². The summed E-state index contributed by atoms with van der Waals surface area (Å²) in [4.78, 5) is 14.1. The van der Waals surface area contributed by atoms with Crippen molar-refractivity contribution >= 4 is 11.6 Å². The first-order valence-electron chi connectivity index (χ1n) is 6.88. The van der Waals surface area contributed by atoms with E-state index < -0.39 is 0 Å². The number of hydrogen-bond acceptors (Lipinski definition) is 4. The predicted octanol–water partition coefficient (Wildman–Crippen LogP) is 1.74. The van der Waals surface area contributed by atoms with Crippen molar-refractivity contribution in [2.45, 2.75) is 26.1 Å². The van der Waals surface area contributed by atoms with Gasteiger partial charge in [0.15, 0.2) is 0 Å². The zero-order valence-electron chi connectivity index (χ0n) is 12.3. The minimum absolute atomic E-state index is 0.00327. The first-order chi connectivity index (χ1) is 9.56. The van der Waals surface area contributed by atoms with E-state index in [9.17, 15) is 4.79 Å². The third-order valence-electron chi connectivity index (χ3n) is 3.24. The molecule has 1 amide bonds. The predicted molar refractivity (Wildman–Crippen MR) is 78.1 cm³/mol. The molecular weight excluding hydrogens is 256 g/mol. The molecule has 1 aliphatic rings. The van der Waals surface area contributed by atoms with E-state index in [1.54, 1.807) is 7.11 Å². The van der Waals surface area contributed by atoms with E-state index in [4.69, 9.17) is 9.47 Å². The fraction of sp³-hybridized carbons (Fsp3) is 0.533. The maximum absolute atomic E-state index is 12.0. The van der Waals surface area contributed by atoms with Crippen molar-refractivity contribution < 1.29 is 14.3 Å². The second kappa shape index (κ2) is 6.72. The highest BCUT2D eigenvalue weighted by molar-refractivity contribution is 5.92. The van der Waals surface area contributed by atoms with E-state index in [2.05, 4.69) is 10.2 Å². The Labute approximate surface area is 119 Å². The summed E-state index contributed by atoms with van der Waals surface area (Å²) in [6.07, 6.45) is 0.347. The third-order valence-corrected chi connectivity index (χ3v) is 3.24. The van der Waals surface area contributed by atoms with Crippen molar-refractivity contribution in [1.82, 2.24) is 4.90 Å². The molecule has 0 aliphatic carbocycles. The molecule has 0 saturated carbocycles. The minimum Gasteiger partial charge on any atom is -0.497 e. The van der Waals surface area contributed by atoms with E-state index in [1.807, 2.05) is 38.1 Å². The van der Waals surface area contributed by atoms with Gasteiger partial charge < -0.3 is 14.8 Å². The van der Waals surface area contributed by atoms with Gasteiger partial charge >= 0.3 is 0 Å². The number of carbonyl (C=O) groups is 1. The van der Waals surface area contributed by atoms with Crippen LogP contribution in [-0.2, 0) is 9.53 Å². The average molecular weight is 278 g/mol. The van der Waals surface area contributed by atoms with Crippen LogP contribution in [0.25, 0.3) is 0 Å². The van der Waals surface area contributed by atoms with Crippen LogP contribution in [-0.4, -0.2) is 49.8 Å². The van der Waals surface area contributed by atoms with Gasteiger partial charge in [-0.15, -0.1) is 0 Å². The van der Waals surface area contributed by atoms with E-state index >= 15 is 0 Å². The number of anilines is 1. The lowest BCUT2D eigenvalue weighted by Crippen LogP contribution is -2.48. The van der Waals surface area contributed by atoms with Crippen LogP contribution in [0.4, 0.5) is 5.69 Å². The van der Waals surface area contributed by atoms with Crippen molar-refractivity contribution in [3.63, 3.8) is 0 Å². The maximum atomic E-state index is 12.0. The van der Waals surface area contributed by atoms with Gasteiger partial charge in [-0.25, -0.2) is 0 Å². The molecule has 0 radical (unpaired) electrons. The lowest BCUT2D eigenvalue weighted by Gasteiger charge is -2.34. The summed E-state index contributed by atoms with van der Waals surface area (Å²) < 4.78 is 10.7. The van der Waals surface area contributed by atoms with E-state index in [1.165, 1.54) is 0 Å². The van der Waals surface area contributed by atoms with Gasteiger partial charge in [0.25, 0.3) is 0 Å². The van der Waals surface area contributed by atoms with Gasteiger partial charge in [-0.3, -0.25) is 9.69 Å². The molecule has 1 heterocycles. The van der Waals surface area contributed by atoms with E-state index in [0.29, 0.717) is 6.54 Å². The largest absolute Gasteiger partial charge is 0.497 e. The lowest BCUT2D eigenvalue weighted by molar-refractivity contribution is -0.121. The number of hydrogen-bond donors (Lipinski definition) is 1. The Bertz CT molecular complexity index is 437. The summed E-state index contributed by atoms with van der Waals surface area (Å²) in [5.41, 5.74) is 0.783. The van der Waals surface area contributed by atoms with Crippen molar-refractivity contribution in [2.24, 2.45) is 0 Å². The number of amides is 1. The average Bonchev–Trinajstić information content (AvgIpc) is 2.38. The van der Waals surface area contributed by atoms with Gasteiger partial charge in [0.1, 0.15) is 5.75 Å². The highest BCUT2D eigenvalue weighted by Gasteiger charge is 2.23. The summed E-state index contributed by atoms with van der Waals surface area (Å²) in [5.74, 6) is 0.773. The molecule has 1 aliphatic heterocycles. The molecule has 2 rings (SSSR count). The van der Waals surface area contributed by atoms with Crippen molar-refractivity contribution in [2.75, 3.05) is 32.1 Å². The molecule has 1 N–H and O–H groups in total. The minimum atomic E-state index is -0.00327. The standard InChI is InChI=1S/C15H22N2O3/c1-11-8-17(9-12(2)20-11)10-15(18)16-13-4-6-14(19-3)7-5-13/h4-7,11-12H,8-10H2,1-3H3,(H,16,18)/t11-,12-/m0/s1. The fourth-order valence-corrected chi connectivity index (χ4v) is 2.49. The van der Waals surface area contributed by atoms with Gasteiger partial charge in [-0.1, -0.05) is 0 Å². The van der Waals surface area contributed by atoms with Gasteiger partial charge in [0, 0.05) is 18.8 Å². The van der Waals surface area contributed by atoms with Crippen molar-refractivity contribution in [3.8, 4) is 5.75 Å². The summed E-state index contributed by atoms with van der Waals surface area (Å²) in [5, 5.41) is 2.89. The zero-order chi connectivity index (χ0) is 14.5. The molecule has 110 valence electrons. The Morgan fingerprint density at radius 1 is 1.30 bits per heavy atom. The Hall–Kier alpha value is -1.59. The van der Waals surface area contributed by atoms with Crippen LogP contribution in [0.5, 0.6) is 5.75 Å². The van der Waals surface area contributed by atoms with Gasteiger partial charge in [0.2, 0.25) is 5.91 Å². The quantitative estimate of drug-likeness (QED) is 0.911. The molecule has 5 heteroatoms. The molecular formula is C15H22N2O3. The topological polar surface area (TPSA) is 50.8 Å². The number of nitrogens with one attached hydrogen (secondary N) is 1. The molecule has 20 heavy (non-hydrogen) atoms. The number of benzene rings is 1. The second-order valence-electron chi connectivity index (χ2n) is 5.23. The molecule has 0 spiro atoms. The van der Waals surface area contributed by atoms with E-state index in [0.717, 1.165) is 24.5 Å². The molecule has 5 nitrogen and oxygen atoms in total. The summed E-state index contributed by atoms with van der Waals surface area (Å²) in [6, 6.07) is 7.32. The number of rotatable bonds is 4. The first kappa shape index (κ1) is 14.8. The number of nitrogens with zero attached hydrogens (tertiary/aromatic N) is 1. The van der Waals surface area contributed by atoms with Crippen molar-refractivity contribution in [3.05, 3.63) is 24.3 Å². The molecule has 1 fully saturated rings. The molecule has 1 aromatic carbocycles. The van der Waals surface area contributed by atoms with Gasteiger partial charge in [-0.2, -0.15) is 0 Å². The number of methoxy groups -OCH3 is 1. The second-order valence-corrected chi connectivity index (χ2v) is 5.23. The Kier molecular flexibility index (Phi) is 4.98. The maximum Gasteiger partial charge on any atom is 0.238 e. The van der Waals surface area contributed by atoms with Gasteiger partial charge in [0.05, 0.1) is 25.9 Å². The summed E-state index contributed by atoms with van der Waals surface area (Å²) in [6.45, 7) is 6.04. The Morgan fingerprint density at radius 3 is 2.45 bits per heavy atom. The van der Waals surface area contributed by atoms with Crippen LogP contribution in [0.2, 0.25) is 0 Å². The fourth-order valence-electron chi connectivity index (χ4n) is 2.49. The van der Waals surface area contributed by atoms with Crippen molar-refractivity contribution in [1.29, 1.82) is 0 Å². The number of carbonyl (C=O) groups excluding carboxylic acids is 1. The SMILES string of the molecule is COc1ccc(NC(=O)CN2C[C@H](C)O[C@@H](C)C2)cc1. The number of morpholine rings is 1. The Balaban J connectivity index is 1.85. The molecule has 1 saturated heterocycles. The van der Waals surface area contributed by atoms with Crippen LogP contribution in [0.1, 0.15) is 13.8 Å². The highest BCUT2D eigenvalue weighted by atomic mass is 16.5. The molecule has 0 unspecified atom stereocenters. The zero-order valence-corrected chi connectivity index (χ0v) is 12.3. The third kappa shape index (κ3) is 4.21. The van der Waals surface area contributed by atoms with Crippen LogP contribution in [0, 0.1) is 0 Å². The number of ether oxygens (including phenoxy) is 2. The first-order valence-corrected chi connectivity index (χ1v) is 6.88. The molecule has 0 aromatic heterocycles. The highest BCUT2D eigenvalue weighted by Crippen LogP contribution is 2.15. The van der Waals surface area contributed by atoms with Crippen LogP contribution in [0.3, 0.4) is 0 Å². The van der Waals surface area contributed by atoms with Crippen LogP contribution in [0.15, 0.2) is 24.3 Å². The summed E-state index contributed by atoms with van der Waals surface area (Å²) in [7, 11) is 1.62. The summed E-state index contributed by atoms with van der Waals surface area (Å²) >= 11 is 0. The normalized spacial score (nSPS) is 23.4. The van der Waals surface area contributed by atoms with E-state index in [-0.39, 0.29) is 18.1 Å². The molecule has 2 atom stereocenters. The molecule has 0 bridgehead atoms. The van der Waals surface area contributed by atoms with Crippen LogP contribution < -0.4 is 10.1 Å². The lowest BCUT2D eigenvalue weighted by atomic mass is 10.2. The van der Waals surface area contributed by atoms with Crippen LogP contribution >= 0.6 is 0 Å². The smallest absolute Gasteiger partial charge is 0.238 e.